The topological polar surface area (TPSA) is 70.0 Å². The lowest BCUT2D eigenvalue weighted by molar-refractivity contribution is -0.0708. The minimum absolute atomic E-state index is 0.240. The highest BCUT2D eigenvalue weighted by molar-refractivity contribution is 7.30. The summed E-state index contributed by atoms with van der Waals surface area (Å²) < 4.78 is 14.6. The minimum Gasteiger partial charge on any atom is -0.373 e. The summed E-state index contributed by atoms with van der Waals surface area (Å²) in [5.74, 6) is 0.679. The van der Waals surface area contributed by atoms with Gasteiger partial charge in [0.05, 0.1) is 12.2 Å². The average Bonchev–Trinajstić information content (AvgIpc) is 2.44. The van der Waals surface area contributed by atoms with Crippen molar-refractivity contribution in [2.24, 2.45) is 5.92 Å². The summed E-state index contributed by atoms with van der Waals surface area (Å²) in [5, 5.41) is 0. The van der Waals surface area contributed by atoms with E-state index in [0.717, 1.165) is 19.5 Å². The first-order valence-electron chi connectivity index (χ1n) is 9.36. The maximum atomic E-state index is 8.74. The first kappa shape index (κ1) is 23.3. The number of hydrogen-bond acceptors (Lipinski definition) is 3. The molecule has 0 aromatic heterocycles. The van der Waals surface area contributed by atoms with Gasteiger partial charge in [-0.15, -0.1) is 0 Å². The van der Waals surface area contributed by atoms with E-state index in [-0.39, 0.29) is 5.41 Å². The Bertz CT molecular complexity index is 542. The fourth-order valence-electron chi connectivity index (χ4n) is 3.48. The second kappa shape index (κ2) is 10.6. The second-order valence-corrected chi connectivity index (χ2v) is 9.08. The number of ether oxygens (including phenoxy) is 1. The normalized spacial score (nSPS) is 22.7. The Labute approximate surface area is 159 Å². The molecule has 150 valence electrons. The molecule has 1 fully saturated rings. The predicted octanol–water partition coefficient (Wildman–Crippen LogP) is 3.63. The van der Waals surface area contributed by atoms with Gasteiger partial charge in [-0.2, -0.15) is 0 Å². The molecule has 1 aliphatic rings. The van der Waals surface area contributed by atoms with E-state index < -0.39 is 8.25 Å². The molecule has 0 spiro atoms. The van der Waals surface area contributed by atoms with E-state index in [2.05, 4.69) is 70.7 Å². The van der Waals surface area contributed by atoms with Gasteiger partial charge in [-0.25, -0.2) is 0 Å². The predicted molar refractivity (Wildman–Crippen MR) is 108 cm³/mol. The Balaban J connectivity index is 0.000000765. The molecule has 0 amide bonds. The monoisotopic (exact) mass is 385 g/mol. The van der Waals surface area contributed by atoms with Crippen molar-refractivity contribution in [3.8, 4) is 0 Å². The van der Waals surface area contributed by atoms with Crippen molar-refractivity contribution in [1.29, 1.82) is 0 Å². The van der Waals surface area contributed by atoms with Crippen LogP contribution >= 0.6 is 8.25 Å². The molecule has 0 radical (unpaired) electrons. The molecular weight excluding hydrogens is 349 g/mol. The van der Waals surface area contributed by atoms with Gasteiger partial charge in [0.2, 0.25) is 0 Å². The molecule has 0 bridgehead atoms. The third-order valence-corrected chi connectivity index (χ3v) is 4.47. The number of nitrogens with zero attached hydrogens (tertiary/aromatic N) is 1. The standard InChI is InChI=1S/C20H33NO.H3O3P/c1-15(12-21-13-16(2)22-17(3)14-21)11-18-7-9-19(10-8-18)20(4,5)6;1-4(2)3/h7-10,15-17H,11-14H2,1-6H3;4H,(H2,1,2,3)/t15?,16-,17+;. The van der Waals surface area contributed by atoms with Crippen molar-refractivity contribution in [3.05, 3.63) is 35.4 Å². The fourth-order valence-corrected chi connectivity index (χ4v) is 3.48. The van der Waals surface area contributed by atoms with Gasteiger partial charge in [-0.1, -0.05) is 52.0 Å². The summed E-state index contributed by atoms with van der Waals surface area (Å²) >= 11 is 0. The molecule has 1 aliphatic heterocycles. The summed E-state index contributed by atoms with van der Waals surface area (Å²) in [6.07, 6.45) is 1.88. The van der Waals surface area contributed by atoms with Crippen LogP contribution in [0.2, 0.25) is 0 Å². The van der Waals surface area contributed by atoms with Gasteiger partial charge >= 0.3 is 8.25 Å². The third-order valence-electron chi connectivity index (χ3n) is 4.47. The van der Waals surface area contributed by atoms with E-state index >= 15 is 0 Å². The second-order valence-electron chi connectivity index (χ2n) is 8.51. The molecule has 1 heterocycles. The van der Waals surface area contributed by atoms with Gasteiger partial charge in [0.1, 0.15) is 0 Å². The molecule has 1 saturated heterocycles. The molecule has 1 aromatic rings. The van der Waals surface area contributed by atoms with Crippen LogP contribution in [0.25, 0.3) is 0 Å². The molecule has 0 aliphatic carbocycles. The summed E-state index contributed by atoms with van der Waals surface area (Å²) in [4.78, 5) is 16.9. The zero-order valence-corrected chi connectivity index (χ0v) is 18.0. The smallest absolute Gasteiger partial charge is 0.314 e. The van der Waals surface area contributed by atoms with Crippen LogP contribution in [0.15, 0.2) is 24.3 Å². The number of rotatable bonds is 4. The first-order valence-corrected chi connectivity index (χ1v) is 10.7. The molecule has 2 N–H and O–H groups in total. The van der Waals surface area contributed by atoms with Crippen LogP contribution in [0.5, 0.6) is 0 Å². The molecular formula is C20H36NO4P. The Hall–Kier alpha value is -0.710. The van der Waals surface area contributed by atoms with Crippen LogP contribution < -0.4 is 0 Å². The van der Waals surface area contributed by atoms with Crippen LogP contribution in [0.3, 0.4) is 0 Å². The van der Waals surface area contributed by atoms with Gasteiger partial charge in [0.25, 0.3) is 0 Å². The molecule has 3 atom stereocenters. The maximum absolute atomic E-state index is 8.74. The van der Waals surface area contributed by atoms with Gasteiger partial charge in [0.15, 0.2) is 0 Å². The molecule has 26 heavy (non-hydrogen) atoms. The minimum atomic E-state index is -3.13. The van der Waals surface area contributed by atoms with E-state index in [4.69, 9.17) is 19.1 Å². The molecule has 6 heteroatoms. The lowest BCUT2D eigenvalue weighted by atomic mass is 9.86. The van der Waals surface area contributed by atoms with Crippen molar-refractivity contribution >= 4 is 8.25 Å². The van der Waals surface area contributed by atoms with Crippen LogP contribution in [0.4, 0.5) is 0 Å². The Kier molecular flexibility index (Phi) is 9.49. The summed E-state index contributed by atoms with van der Waals surface area (Å²) in [6, 6.07) is 9.20. The van der Waals surface area contributed by atoms with Crippen LogP contribution in [0.1, 0.15) is 52.7 Å². The molecule has 5 nitrogen and oxygen atoms in total. The highest BCUT2D eigenvalue weighted by atomic mass is 31.1. The third kappa shape index (κ3) is 9.29. The lowest BCUT2D eigenvalue weighted by Crippen LogP contribution is -2.47. The summed E-state index contributed by atoms with van der Waals surface area (Å²) in [5.41, 5.74) is 3.11. The van der Waals surface area contributed by atoms with E-state index in [1.807, 2.05) is 0 Å². The summed E-state index contributed by atoms with van der Waals surface area (Å²) in [7, 11) is -3.13. The SMILES string of the molecule is CC(Cc1ccc(C(C)(C)C)cc1)CN1C[C@@H](C)O[C@@H](C)C1.O=[PH](O)O. The Morgan fingerprint density at radius 2 is 1.62 bits per heavy atom. The van der Waals surface area contributed by atoms with Gasteiger partial charge < -0.3 is 14.5 Å². The highest BCUT2D eigenvalue weighted by Gasteiger charge is 2.23. The van der Waals surface area contributed by atoms with E-state index in [0.29, 0.717) is 18.1 Å². The van der Waals surface area contributed by atoms with Gasteiger partial charge in [0, 0.05) is 19.6 Å². The van der Waals surface area contributed by atoms with Crippen molar-refractivity contribution in [2.75, 3.05) is 19.6 Å². The maximum Gasteiger partial charge on any atom is 0.314 e. The average molecular weight is 385 g/mol. The van der Waals surface area contributed by atoms with Crippen LogP contribution in [-0.2, 0) is 21.1 Å². The van der Waals surface area contributed by atoms with E-state index in [1.165, 1.54) is 17.7 Å². The van der Waals surface area contributed by atoms with Crippen molar-refractivity contribution in [2.45, 2.75) is 65.6 Å². The van der Waals surface area contributed by atoms with Crippen molar-refractivity contribution < 1.29 is 19.1 Å². The zero-order valence-electron chi connectivity index (χ0n) is 17.0. The van der Waals surface area contributed by atoms with Crippen molar-refractivity contribution in [1.82, 2.24) is 4.90 Å². The Morgan fingerprint density at radius 1 is 1.15 bits per heavy atom. The van der Waals surface area contributed by atoms with Crippen molar-refractivity contribution in [3.63, 3.8) is 0 Å². The molecule has 2 rings (SSSR count). The van der Waals surface area contributed by atoms with Gasteiger partial charge in [-0.05, 0) is 42.7 Å². The summed E-state index contributed by atoms with van der Waals surface area (Å²) in [6.45, 7) is 16.8. The largest absolute Gasteiger partial charge is 0.373 e. The van der Waals surface area contributed by atoms with E-state index in [1.54, 1.807) is 0 Å². The molecule has 1 unspecified atom stereocenters. The fraction of sp³-hybridized carbons (Fsp3) is 0.700. The lowest BCUT2D eigenvalue weighted by Gasteiger charge is -2.36. The zero-order chi connectivity index (χ0) is 19.9. The Morgan fingerprint density at radius 3 is 2.04 bits per heavy atom. The number of hydrogen-bond donors (Lipinski definition) is 2. The van der Waals surface area contributed by atoms with E-state index in [9.17, 15) is 0 Å². The van der Waals surface area contributed by atoms with Gasteiger partial charge in [-0.3, -0.25) is 9.46 Å². The number of morpholine rings is 1. The van der Waals surface area contributed by atoms with Crippen LogP contribution in [0, 0.1) is 5.92 Å². The quantitative estimate of drug-likeness (QED) is 0.775. The van der Waals surface area contributed by atoms with Crippen LogP contribution in [-0.4, -0.2) is 46.5 Å². The molecule has 1 aromatic carbocycles. The highest BCUT2D eigenvalue weighted by Crippen LogP contribution is 2.23. The molecule has 0 saturated carbocycles. The first-order chi connectivity index (χ1) is 12.0. The number of benzene rings is 1.